The van der Waals surface area contributed by atoms with Crippen LogP contribution in [0.5, 0.6) is 0 Å². The number of aryl methyl sites for hydroxylation is 2. The van der Waals surface area contributed by atoms with Crippen molar-refractivity contribution in [2.45, 2.75) is 33.2 Å². The van der Waals surface area contributed by atoms with Crippen LogP contribution in [0.4, 0.5) is 4.79 Å². The van der Waals surface area contributed by atoms with Gasteiger partial charge in [-0.15, -0.1) is 21.5 Å². The Labute approximate surface area is 199 Å². The van der Waals surface area contributed by atoms with Gasteiger partial charge in [0, 0.05) is 34.1 Å². The maximum atomic E-state index is 12.7. The van der Waals surface area contributed by atoms with Gasteiger partial charge in [-0.25, -0.2) is 4.79 Å². The molecule has 0 bridgehead atoms. The van der Waals surface area contributed by atoms with Gasteiger partial charge in [0.2, 0.25) is 5.91 Å². The van der Waals surface area contributed by atoms with Crippen molar-refractivity contribution < 1.29 is 14.7 Å². The van der Waals surface area contributed by atoms with E-state index in [-0.39, 0.29) is 25.4 Å². The zero-order valence-electron chi connectivity index (χ0n) is 18.3. The SMILES string of the molecule is Cc1sc2c(c1C)C(c1ccc(Cl)cc1)=N[C@@H](CC(=O)NCCNC(=O)O)c1nnc(C)n1-2. The number of carbonyl (C=O) groups excluding carboxylic acids is 1. The van der Waals surface area contributed by atoms with Gasteiger partial charge >= 0.3 is 6.09 Å². The molecule has 33 heavy (non-hydrogen) atoms. The van der Waals surface area contributed by atoms with Gasteiger partial charge in [-0.05, 0) is 38.5 Å². The van der Waals surface area contributed by atoms with Crippen LogP contribution in [-0.2, 0) is 4.79 Å². The molecule has 9 nitrogen and oxygen atoms in total. The van der Waals surface area contributed by atoms with Gasteiger partial charge in [-0.1, -0.05) is 23.7 Å². The number of amides is 2. The highest BCUT2D eigenvalue weighted by molar-refractivity contribution is 7.15. The highest BCUT2D eigenvalue weighted by atomic mass is 35.5. The Bertz CT molecular complexity index is 1250. The Morgan fingerprint density at radius 3 is 2.52 bits per heavy atom. The van der Waals surface area contributed by atoms with E-state index in [1.807, 2.05) is 35.8 Å². The van der Waals surface area contributed by atoms with Crippen molar-refractivity contribution >= 4 is 40.6 Å². The molecule has 0 saturated heterocycles. The lowest BCUT2D eigenvalue weighted by molar-refractivity contribution is -0.121. The first-order chi connectivity index (χ1) is 15.8. The van der Waals surface area contributed by atoms with Crippen molar-refractivity contribution in [3.05, 3.63) is 62.5 Å². The first kappa shape index (κ1) is 22.9. The van der Waals surface area contributed by atoms with E-state index < -0.39 is 12.1 Å². The Morgan fingerprint density at radius 2 is 1.82 bits per heavy atom. The van der Waals surface area contributed by atoms with E-state index in [4.69, 9.17) is 21.7 Å². The number of nitrogens with zero attached hydrogens (tertiary/aromatic N) is 4. The number of benzene rings is 1. The van der Waals surface area contributed by atoms with Crippen molar-refractivity contribution in [1.82, 2.24) is 25.4 Å². The Hall–Kier alpha value is -3.24. The molecule has 4 rings (SSSR count). The molecular formula is C22H23ClN6O3S. The van der Waals surface area contributed by atoms with Crippen LogP contribution in [-0.4, -0.2) is 50.7 Å². The number of carbonyl (C=O) groups is 2. The van der Waals surface area contributed by atoms with Crippen LogP contribution in [0.1, 0.15) is 45.7 Å². The van der Waals surface area contributed by atoms with Gasteiger partial charge in [0.25, 0.3) is 0 Å². The lowest BCUT2D eigenvalue weighted by Crippen LogP contribution is -2.34. The third-order valence-electron chi connectivity index (χ3n) is 5.46. The maximum absolute atomic E-state index is 12.7. The van der Waals surface area contributed by atoms with E-state index >= 15 is 0 Å². The first-order valence-electron chi connectivity index (χ1n) is 10.4. The minimum absolute atomic E-state index is 0.0509. The van der Waals surface area contributed by atoms with Gasteiger partial charge in [-0.3, -0.25) is 14.4 Å². The Kier molecular flexibility index (Phi) is 6.48. The molecule has 11 heteroatoms. The van der Waals surface area contributed by atoms with Crippen molar-refractivity contribution in [2.24, 2.45) is 4.99 Å². The molecule has 3 N–H and O–H groups in total. The number of carboxylic acid groups (broad SMARTS) is 1. The molecule has 0 fully saturated rings. The normalized spacial score (nSPS) is 14.7. The van der Waals surface area contributed by atoms with Crippen molar-refractivity contribution in [3.63, 3.8) is 0 Å². The topological polar surface area (TPSA) is 122 Å². The summed E-state index contributed by atoms with van der Waals surface area (Å²) in [5.41, 5.74) is 3.79. The third kappa shape index (κ3) is 4.62. The zero-order chi connectivity index (χ0) is 23.7. The molecule has 3 aromatic rings. The summed E-state index contributed by atoms with van der Waals surface area (Å²) in [5.74, 6) is 1.06. The van der Waals surface area contributed by atoms with E-state index in [9.17, 15) is 9.59 Å². The van der Waals surface area contributed by atoms with E-state index in [1.165, 1.54) is 4.88 Å². The van der Waals surface area contributed by atoms with E-state index in [0.29, 0.717) is 10.8 Å². The van der Waals surface area contributed by atoms with Crippen LogP contribution in [0.2, 0.25) is 5.02 Å². The molecule has 1 aliphatic heterocycles. The summed E-state index contributed by atoms with van der Waals surface area (Å²) >= 11 is 7.76. The molecule has 2 amide bonds. The summed E-state index contributed by atoms with van der Waals surface area (Å²) in [6.45, 7) is 6.33. The van der Waals surface area contributed by atoms with Crippen LogP contribution in [0.3, 0.4) is 0 Å². The van der Waals surface area contributed by atoms with Crippen LogP contribution in [0, 0.1) is 20.8 Å². The standard InChI is InChI=1S/C22H23ClN6O3S/c1-11-12(2)33-21-18(11)19(14-4-6-15(23)7-5-14)26-16(20-28-27-13(3)29(20)21)10-17(30)24-8-9-25-22(31)32/h4-7,16,25H,8-10H2,1-3H3,(H,24,30)(H,31,32)/t16-/m0/s1. The lowest BCUT2D eigenvalue weighted by atomic mass is 9.99. The second-order valence-corrected chi connectivity index (χ2v) is 9.33. The van der Waals surface area contributed by atoms with Crippen LogP contribution in [0.25, 0.3) is 5.00 Å². The minimum Gasteiger partial charge on any atom is -0.465 e. The number of halogens is 1. The van der Waals surface area contributed by atoms with E-state index in [1.54, 1.807) is 11.3 Å². The van der Waals surface area contributed by atoms with Gasteiger partial charge < -0.3 is 15.7 Å². The molecular weight excluding hydrogens is 464 g/mol. The van der Waals surface area contributed by atoms with Gasteiger partial charge in [0.15, 0.2) is 5.82 Å². The number of fused-ring (bicyclic) bond motifs is 3. The number of thiophene rings is 1. The summed E-state index contributed by atoms with van der Waals surface area (Å²) in [6.07, 6.45) is -1.08. The number of nitrogens with one attached hydrogen (secondary N) is 2. The van der Waals surface area contributed by atoms with E-state index in [0.717, 1.165) is 33.2 Å². The molecule has 2 aromatic heterocycles. The fourth-order valence-electron chi connectivity index (χ4n) is 3.75. The number of aliphatic imine (C=N–C) groups is 1. The summed E-state index contributed by atoms with van der Waals surface area (Å²) in [4.78, 5) is 29.5. The highest BCUT2D eigenvalue weighted by Gasteiger charge is 2.32. The number of aromatic nitrogens is 3. The monoisotopic (exact) mass is 486 g/mol. The zero-order valence-corrected chi connectivity index (χ0v) is 19.9. The second-order valence-electron chi connectivity index (χ2n) is 7.69. The molecule has 0 spiro atoms. The summed E-state index contributed by atoms with van der Waals surface area (Å²) in [6, 6.07) is 6.92. The summed E-state index contributed by atoms with van der Waals surface area (Å²) < 4.78 is 1.98. The molecule has 3 heterocycles. The van der Waals surface area contributed by atoms with Gasteiger partial charge in [-0.2, -0.15) is 0 Å². The molecule has 0 radical (unpaired) electrons. The molecule has 0 unspecified atom stereocenters. The number of hydrogen-bond donors (Lipinski definition) is 3. The summed E-state index contributed by atoms with van der Waals surface area (Å²) in [5, 5.41) is 23.9. The van der Waals surface area contributed by atoms with Crippen molar-refractivity contribution in [3.8, 4) is 5.00 Å². The fraction of sp³-hybridized carbons (Fsp3) is 0.318. The van der Waals surface area contributed by atoms with Crippen molar-refractivity contribution in [2.75, 3.05) is 13.1 Å². The fourth-order valence-corrected chi connectivity index (χ4v) is 5.09. The molecule has 1 aliphatic rings. The van der Waals surface area contributed by atoms with Crippen LogP contribution < -0.4 is 10.6 Å². The molecule has 0 saturated carbocycles. The lowest BCUT2D eigenvalue weighted by Gasteiger charge is -2.13. The predicted octanol–water partition coefficient (Wildman–Crippen LogP) is 3.57. The van der Waals surface area contributed by atoms with Crippen molar-refractivity contribution in [1.29, 1.82) is 0 Å². The molecule has 0 aliphatic carbocycles. The smallest absolute Gasteiger partial charge is 0.404 e. The summed E-state index contributed by atoms with van der Waals surface area (Å²) in [7, 11) is 0. The van der Waals surface area contributed by atoms with Crippen LogP contribution in [0.15, 0.2) is 29.3 Å². The average Bonchev–Trinajstić information content (AvgIpc) is 3.24. The second kappa shape index (κ2) is 9.32. The maximum Gasteiger partial charge on any atom is 0.404 e. The Balaban J connectivity index is 1.75. The van der Waals surface area contributed by atoms with Gasteiger partial charge in [0.1, 0.15) is 16.9 Å². The quantitative estimate of drug-likeness (QED) is 0.460. The highest BCUT2D eigenvalue weighted by Crippen LogP contribution is 2.39. The average molecular weight is 487 g/mol. The predicted molar refractivity (Wildman–Crippen MR) is 127 cm³/mol. The van der Waals surface area contributed by atoms with Crippen LogP contribution >= 0.6 is 22.9 Å². The van der Waals surface area contributed by atoms with Gasteiger partial charge in [0.05, 0.1) is 12.1 Å². The molecule has 1 atom stereocenters. The van der Waals surface area contributed by atoms with E-state index in [2.05, 4.69) is 34.7 Å². The third-order valence-corrected chi connectivity index (χ3v) is 6.90. The molecule has 1 aromatic carbocycles. The first-order valence-corrected chi connectivity index (χ1v) is 11.6. The number of hydrogen-bond acceptors (Lipinski definition) is 6. The molecule has 172 valence electrons. The largest absolute Gasteiger partial charge is 0.465 e. The Morgan fingerprint density at radius 1 is 1.12 bits per heavy atom. The minimum atomic E-state index is -1.13. The number of rotatable bonds is 6.